The lowest BCUT2D eigenvalue weighted by Gasteiger charge is -2.27. The van der Waals surface area contributed by atoms with Gasteiger partial charge in [0.2, 0.25) is 0 Å². The Morgan fingerprint density at radius 3 is 2.48 bits per heavy atom. The number of ether oxygens (including phenoxy) is 2. The Balaban J connectivity index is 1.83. The molecule has 1 saturated heterocycles. The lowest BCUT2D eigenvalue weighted by Crippen LogP contribution is -2.42. The van der Waals surface area contributed by atoms with E-state index in [1.54, 1.807) is 6.92 Å². The number of carbonyl (C=O) groups excluding carboxylic acids is 2. The van der Waals surface area contributed by atoms with Crippen molar-refractivity contribution in [2.45, 2.75) is 45.1 Å². The predicted octanol–water partition coefficient (Wildman–Crippen LogP) is 1.86. The van der Waals surface area contributed by atoms with Gasteiger partial charge in [0.1, 0.15) is 5.75 Å². The summed E-state index contributed by atoms with van der Waals surface area (Å²) in [7, 11) is -3.89. The molecule has 0 unspecified atom stereocenters. The van der Waals surface area contributed by atoms with Crippen LogP contribution in [0, 0.1) is 0 Å². The molecule has 1 N–H and O–H groups in total. The predicted molar refractivity (Wildman–Crippen MR) is 97.9 cm³/mol. The topological polar surface area (TPSA) is 102 Å². The summed E-state index contributed by atoms with van der Waals surface area (Å²) in [6, 6.07) is 4.27. The highest BCUT2D eigenvalue weighted by Gasteiger charge is 2.29. The van der Waals surface area contributed by atoms with E-state index in [2.05, 4.69) is 4.72 Å². The molecule has 9 heteroatoms. The van der Waals surface area contributed by atoms with Gasteiger partial charge >= 0.3 is 16.2 Å². The molecule has 1 saturated carbocycles. The van der Waals surface area contributed by atoms with Crippen LogP contribution >= 0.6 is 0 Å². The second-order valence-corrected chi connectivity index (χ2v) is 8.32. The van der Waals surface area contributed by atoms with E-state index in [0.29, 0.717) is 13.1 Å². The van der Waals surface area contributed by atoms with Gasteiger partial charge in [-0.05, 0) is 57.2 Å². The maximum atomic E-state index is 12.6. The maximum Gasteiger partial charge on any atom is 0.338 e. The number of carbonyl (C=O) groups is 2. The van der Waals surface area contributed by atoms with Crippen LogP contribution in [0.15, 0.2) is 18.2 Å². The zero-order valence-corrected chi connectivity index (χ0v) is 16.1. The quantitative estimate of drug-likeness (QED) is 0.706. The molecule has 0 bridgehead atoms. The maximum absolute atomic E-state index is 12.6. The Bertz CT molecular complexity index is 813. The number of benzene rings is 1. The zero-order valence-electron chi connectivity index (χ0n) is 15.3. The summed E-state index contributed by atoms with van der Waals surface area (Å²) in [6.45, 7) is 2.73. The Morgan fingerprint density at radius 1 is 1.19 bits per heavy atom. The van der Waals surface area contributed by atoms with Crippen LogP contribution in [-0.2, 0) is 14.9 Å². The van der Waals surface area contributed by atoms with Gasteiger partial charge in [0.25, 0.3) is 5.91 Å². The fourth-order valence-electron chi connectivity index (χ4n) is 2.98. The smallest absolute Gasteiger partial charge is 0.338 e. The first-order valence-corrected chi connectivity index (χ1v) is 10.6. The molecule has 1 aliphatic carbocycles. The van der Waals surface area contributed by atoms with Crippen LogP contribution in [0.25, 0.3) is 0 Å². The van der Waals surface area contributed by atoms with E-state index in [1.165, 1.54) is 22.5 Å². The lowest BCUT2D eigenvalue weighted by molar-refractivity contribution is 0.0524. The van der Waals surface area contributed by atoms with Crippen molar-refractivity contribution < 1.29 is 27.5 Å². The van der Waals surface area contributed by atoms with Gasteiger partial charge in [-0.2, -0.15) is 12.7 Å². The Morgan fingerprint density at radius 2 is 1.89 bits per heavy atom. The first-order valence-electron chi connectivity index (χ1n) is 9.20. The molecule has 0 radical (unpaired) electrons. The van der Waals surface area contributed by atoms with Crippen molar-refractivity contribution in [2.75, 3.05) is 19.7 Å². The molecule has 27 heavy (non-hydrogen) atoms. The van der Waals surface area contributed by atoms with E-state index >= 15 is 0 Å². The fourth-order valence-corrected chi connectivity index (χ4v) is 4.19. The van der Waals surface area contributed by atoms with Gasteiger partial charge < -0.3 is 9.47 Å². The summed E-state index contributed by atoms with van der Waals surface area (Å²) < 4.78 is 38.9. The molecule has 1 heterocycles. The number of nitrogens with one attached hydrogen (secondary N) is 1. The van der Waals surface area contributed by atoms with Crippen LogP contribution in [0.4, 0.5) is 0 Å². The zero-order chi connectivity index (χ0) is 19.4. The van der Waals surface area contributed by atoms with Crippen molar-refractivity contribution >= 4 is 22.1 Å². The third-order valence-corrected chi connectivity index (χ3v) is 6.20. The number of amides is 1. The Hall–Kier alpha value is -2.13. The summed E-state index contributed by atoms with van der Waals surface area (Å²) in [5, 5.41) is 0. The molecule has 0 spiro atoms. The lowest BCUT2D eigenvalue weighted by atomic mass is 9.96. The van der Waals surface area contributed by atoms with Gasteiger partial charge in [-0.1, -0.05) is 0 Å². The van der Waals surface area contributed by atoms with Gasteiger partial charge in [0, 0.05) is 13.1 Å². The van der Waals surface area contributed by atoms with Crippen molar-refractivity contribution in [3.63, 3.8) is 0 Å². The Kier molecular flexibility index (Phi) is 6.01. The molecule has 2 aliphatic rings. The number of nitrogens with zero attached hydrogens (tertiary/aromatic N) is 1. The third-order valence-electron chi connectivity index (χ3n) is 4.71. The molecule has 148 valence electrons. The molecular formula is C18H24N2O6S. The van der Waals surface area contributed by atoms with Gasteiger partial charge in [0.15, 0.2) is 0 Å². The van der Waals surface area contributed by atoms with Crippen molar-refractivity contribution in [3.05, 3.63) is 29.3 Å². The molecule has 1 aromatic rings. The highest BCUT2D eigenvalue weighted by molar-refractivity contribution is 7.87. The van der Waals surface area contributed by atoms with Crippen LogP contribution < -0.4 is 9.46 Å². The number of esters is 1. The molecule has 3 rings (SSSR count). The average molecular weight is 396 g/mol. The van der Waals surface area contributed by atoms with E-state index in [-0.39, 0.29) is 29.6 Å². The van der Waals surface area contributed by atoms with Crippen LogP contribution in [0.3, 0.4) is 0 Å². The second-order valence-electron chi connectivity index (χ2n) is 6.64. The fraction of sp³-hybridized carbons (Fsp3) is 0.556. The molecule has 1 aliphatic heterocycles. The molecule has 1 aromatic carbocycles. The van der Waals surface area contributed by atoms with Crippen LogP contribution in [-0.4, -0.2) is 50.4 Å². The van der Waals surface area contributed by atoms with E-state index in [9.17, 15) is 18.0 Å². The molecule has 0 aromatic heterocycles. The SMILES string of the molecule is CCOC(=O)c1ccc(C(=O)NS(=O)(=O)N2CCCC2)c(OC2CCC2)c1. The van der Waals surface area contributed by atoms with Gasteiger partial charge in [-0.3, -0.25) is 4.79 Å². The summed E-state index contributed by atoms with van der Waals surface area (Å²) in [5.74, 6) is -1.10. The van der Waals surface area contributed by atoms with E-state index in [0.717, 1.165) is 32.1 Å². The first-order chi connectivity index (χ1) is 12.9. The molecule has 0 atom stereocenters. The van der Waals surface area contributed by atoms with Crippen molar-refractivity contribution in [1.82, 2.24) is 9.03 Å². The van der Waals surface area contributed by atoms with Gasteiger partial charge in [-0.25, -0.2) is 9.52 Å². The minimum absolute atomic E-state index is 0.0378. The number of hydrogen-bond donors (Lipinski definition) is 1. The molecule has 1 amide bonds. The summed E-state index contributed by atoms with van der Waals surface area (Å²) in [4.78, 5) is 24.6. The normalized spacial score (nSPS) is 18.0. The largest absolute Gasteiger partial charge is 0.490 e. The van der Waals surface area contributed by atoms with Crippen LogP contribution in [0.2, 0.25) is 0 Å². The van der Waals surface area contributed by atoms with Crippen LogP contribution in [0.1, 0.15) is 59.7 Å². The highest BCUT2D eigenvalue weighted by Crippen LogP contribution is 2.29. The number of rotatable bonds is 7. The summed E-state index contributed by atoms with van der Waals surface area (Å²) in [5.41, 5.74) is 0.336. The van der Waals surface area contributed by atoms with Gasteiger partial charge in [0.05, 0.1) is 23.8 Å². The van der Waals surface area contributed by atoms with Crippen LogP contribution in [0.5, 0.6) is 5.75 Å². The third kappa shape index (κ3) is 4.59. The minimum atomic E-state index is -3.89. The molecular weight excluding hydrogens is 372 g/mol. The van der Waals surface area contributed by atoms with E-state index in [1.807, 2.05) is 0 Å². The average Bonchev–Trinajstić information content (AvgIpc) is 3.13. The van der Waals surface area contributed by atoms with Crippen molar-refractivity contribution in [2.24, 2.45) is 0 Å². The minimum Gasteiger partial charge on any atom is -0.490 e. The van der Waals surface area contributed by atoms with Crippen molar-refractivity contribution in [3.8, 4) is 5.75 Å². The molecule has 8 nitrogen and oxygen atoms in total. The first kappa shape index (κ1) is 19.6. The summed E-state index contributed by atoms with van der Waals surface area (Å²) >= 11 is 0. The standard InChI is InChI=1S/C18H24N2O6S/c1-2-25-18(22)13-8-9-15(16(12-13)26-14-6-5-7-14)17(21)19-27(23,24)20-10-3-4-11-20/h8-9,12,14H,2-7,10-11H2,1H3,(H,19,21). The highest BCUT2D eigenvalue weighted by atomic mass is 32.2. The van der Waals surface area contributed by atoms with E-state index < -0.39 is 22.1 Å². The van der Waals surface area contributed by atoms with Crippen molar-refractivity contribution in [1.29, 1.82) is 0 Å². The summed E-state index contributed by atoms with van der Waals surface area (Å²) in [6.07, 6.45) is 4.27. The van der Waals surface area contributed by atoms with E-state index in [4.69, 9.17) is 9.47 Å². The second kappa shape index (κ2) is 8.26. The number of hydrogen-bond acceptors (Lipinski definition) is 6. The Labute approximate surface area is 159 Å². The molecule has 2 fully saturated rings. The monoisotopic (exact) mass is 396 g/mol. The van der Waals surface area contributed by atoms with Gasteiger partial charge in [-0.15, -0.1) is 0 Å².